The second kappa shape index (κ2) is 11.9. The maximum Gasteiger partial charge on any atom is 0.264 e. The fourth-order valence-electron chi connectivity index (χ4n) is 4.28. The number of nitrogens with one attached hydrogen (secondary N) is 1. The van der Waals surface area contributed by atoms with Gasteiger partial charge in [-0.2, -0.15) is 0 Å². The number of hydrogen-bond donors (Lipinski definition) is 1. The number of sulfonamides is 1. The van der Waals surface area contributed by atoms with Crippen molar-refractivity contribution in [3.05, 3.63) is 139 Å². The topological polar surface area (TPSA) is 93.5 Å². The number of carbonyl (C=O) groups excluding carboxylic acids is 1. The number of carbonyl (C=O) groups is 1. The molecule has 0 bridgehead atoms. The standard InChI is InChI=1S/C31H28N4O4S/c1-39-27-15-17-28(18-16-27)40(37,38)35(22-25-7-3-2-4-8-25)30-10-6-5-9-29(30)31(36)33-21-24-11-13-26(14-12-24)34-20-19-32-23-34/h2-20,23H,21-22H2,1H3,(H,33,36). The Hall–Kier alpha value is -4.89. The minimum atomic E-state index is -4.04. The third-order valence-corrected chi connectivity index (χ3v) is 8.20. The lowest BCUT2D eigenvalue weighted by Gasteiger charge is -2.26. The van der Waals surface area contributed by atoms with Gasteiger partial charge in [-0.15, -0.1) is 0 Å². The lowest BCUT2D eigenvalue weighted by atomic mass is 10.1. The molecule has 9 heteroatoms. The van der Waals surface area contributed by atoms with Crippen molar-refractivity contribution in [2.75, 3.05) is 11.4 Å². The molecule has 0 fully saturated rings. The first kappa shape index (κ1) is 26.7. The molecule has 0 aliphatic rings. The molecule has 1 amide bonds. The normalized spacial score (nSPS) is 11.1. The Bertz CT molecular complexity index is 1670. The van der Waals surface area contributed by atoms with Crippen molar-refractivity contribution in [1.29, 1.82) is 0 Å². The number of aromatic nitrogens is 2. The Kier molecular flexibility index (Phi) is 7.93. The first-order valence-corrected chi connectivity index (χ1v) is 14.0. The lowest BCUT2D eigenvalue weighted by Crippen LogP contribution is -2.33. The zero-order valence-corrected chi connectivity index (χ0v) is 22.7. The van der Waals surface area contributed by atoms with Crippen molar-refractivity contribution in [3.8, 4) is 11.4 Å². The van der Waals surface area contributed by atoms with Crippen LogP contribution in [0.15, 0.2) is 127 Å². The van der Waals surface area contributed by atoms with E-state index in [0.29, 0.717) is 5.75 Å². The van der Waals surface area contributed by atoms with Crippen molar-refractivity contribution in [3.63, 3.8) is 0 Å². The molecule has 0 aliphatic heterocycles. The molecule has 0 radical (unpaired) electrons. The van der Waals surface area contributed by atoms with Gasteiger partial charge in [0.05, 0.1) is 36.1 Å². The van der Waals surface area contributed by atoms with Gasteiger partial charge in [0.25, 0.3) is 15.9 Å². The molecule has 0 atom stereocenters. The number of benzene rings is 4. The number of rotatable bonds is 10. The second-order valence-corrected chi connectivity index (χ2v) is 10.9. The van der Waals surface area contributed by atoms with Crippen molar-refractivity contribution in [1.82, 2.24) is 14.9 Å². The smallest absolute Gasteiger partial charge is 0.264 e. The quantitative estimate of drug-likeness (QED) is 0.257. The fraction of sp³-hybridized carbons (Fsp3) is 0.0968. The van der Waals surface area contributed by atoms with E-state index < -0.39 is 10.0 Å². The van der Waals surface area contributed by atoms with E-state index in [1.165, 1.54) is 23.5 Å². The van der Waals surface area contributed by atoms with Crippen LogP contribution in [0.2, 0.25) is 0 Å². The van der Waals surface area contributed by atoms with Gasteiger partial charge < -0.3 is 14.6 Å². The summed E-state index contributed by atoms with van der Waals surface area (Å²) in [6, 6.07) is 30.0. The predicted molar refractivity (Wildman–Crippen MR) is 154 cm³/mol. The van der Waals surface area contributed by atoms with Gasteiger partial charge in [-0.1, -0.05) is 54.6 Å². The van der Waals surface area contributed by atoms with E-state index in [4.69, 9.17) is 4.74 Å². The predicted octanol–water partition coefficient (Wildman–Crippen LogP) is 5.21. The van der Waals surface area contributed by atoms with Gasteiger partial charge in [-0.25, -0.2) is 13.4 Å². The van der Waals surface area contributed by atoms with Crippen molar-refractivity contribution < 1.29 is 17.9 Å². The molecule has 0 spiro atoms. The van der Waals surface area contributed by atoms with E-state index in [-0.39, 0.29) is 35.1 Å². The van der Waals surface area contributed by atoms with Gasteiger partial charge >= 0.3 is 0 Å². The van der Waals surface area contributed by atoms with E-state index in [1.54, 1.807) is 48.9 Å². The minimum Gasteiger partial charge on any atom is -0.497 e. The van der Waals surface area contributed by atoms with Gasteiger partial charge in [-0.05, 0) is 59.7 Å². The molecule has 5 aromatic rings. The van der Waals surface area contributed by atoms with Gasteiger partial charge in [0.15, 0.2) is 0 Å². The molecule has 1 heterocycles. The summed E-state index contributed by atoms with van der Waals surface area (Å²) < 4.78 is 36.3. The zero-order valence-electron chi connectivity index (χ0n) is 21.8. The van der Waals surface area contributed by atoms with Crippen LogP contribution < -0.4 is 14.4 Å². The third-order valence-electron chi connectivity index (χ3n) is 6.43. The highest BCUT2D eigenvalue weighted by atomic mass is 32.2. The lowest BCUT2D eigenvalue weighted by molar-refractivity contribution is 0.0951. The first-order chi connectivity index (χ1) is 19.5. The van der Waals surface area contributed by atoms with E-state index in [2.05, 4.69) is 10.3 Å². The molecule has 1 aromatic heterocycles. The Balaban J connectivity index is 1.43. The highest BCUT2D eigenvalue weighted by molar-refractivity contribution is 7.92. The first-order valence-electron chi connectivity index (χ1n) is 12.6. The molecular formula is C31H28N4O4S. The summed E-state index contributed by atoms with van der Waals surface area (Å²) in [6.45, 7) is 0.330. The monoisotopic (exact) mass is 552 g/mol. The maximum atomic E-state index is 14.0. The molecule has 1 N–H and O–H groups in total. The number of ether oxygens (including phenoxy) is 1. The molecule has 8 nitrogen and oxygen atoms in total. The van der Waals surface area contributed by atoms with Crippen molar-refractivity contribution >= 4 is 21.6 Å². The summed E-state index contributed by atoms with van der Waals surface area (Å²) in [4.78, 5) is 17.6. The zero-order chi connectivity index (χ0) is 28.0. The Labute approximate surface area is 233 Å². The van der Waals surface area contributed by atoms with Crippen molar-refractivity contribution in [2.45, 2.75) is 18.0 Å². The number of nitrogens with zero attached hydrogens (tertiary/aromatic N) is 3. The molecule has 40 heavy (non-hydrogen) atoms. The molecule has 0 aliphatic carbocycles. The van der Waals surface area contributed by atoms with Crippen LogP contribution in [0.25, 0.3) is 5.69 Å². The average Bonchev–Trinajstić information content (AvgIpc) is 3.55. The van der Waals surface area contributed by atoms with Crippen LogP contribution in [-0.4, -0.2) is 31.0 Å². The average molecular weight is 553 g/mol. The van der Waals surface area contributed by atoms with Crippen LogP contribution in [0, 0.1) is 0 Å². The number of para-hydroxylation sites is 1. The second-order valence-electron chi connectivity index (χ2n) is 9.01. The summed E-state index contributed by atoms with van der Waals surface area (Å²) >= 11 is 0. The van der Waals surface area contributed by atoms with Gasteiger partial charge in [-0.3, -0.25) is 9.10 Å². The fourth-order valence-corrected chi connectivity index (χ4v) is 5.75. The highest BCUT2D eigenvalue weighted by Gasteiger charge is 2.28. The highest BCUT2D eigenvalue weighted by Crippen LogP contribution is 2.30. The number of hydrogen-bond acceptors (Lipinski definition) is 5. The number of anilines is 1. The van der Waals surface area contributed by atoms with E-state index in [0.717, 1.165) is 16.8 Å². The summed E-state index contributed by atoms with van der Waals surface area (Å²) in [7, 11) is -2.51. The SMILES string of the molecule is COc1ccc(S(=O)(=O)N(Cc2ccccc2)c2ccccc2C(=O)NCc2ccc(-n3ccnc3)cc2)cc1. The van der Waals surface area contributed by atoms with E-state index >= 15 is 0 Å². The van der Waals surface area contributed by atoms with Crippen LogP contribution in [0.1, 0.15) is 21.5 Å². The van der Waals surface area contributed by atoms with Gasteiger partial charge in [0, 0.05) is 24.6 Å². The summed E-state index contributed by atoms with van der Waals surface area (Å²) in [5.74, 6) is 0.170. The number of imidazole rings is 1. The Morgan fingerprint density at radius 3 is 2.25 bits per heavy atom. The molecule has 0 unspecified atom stereocenters. The Morgan fingerprint density at radius 2 is 1.57 bits per heavy atom. The van der Waals surface area contributed by atoms with Gasteiger partial charge in [0.2, 0.25) is 0 Å². The van der Waals surface area contributed by atoms with E-state index in [1.807, 2.05) is 65.4 Å². The molecule has 202 valence electrons. The minimum absolute atomic E-state index is 0.0508. The molecule has 4 aromatic carbocycles. The number of amides is 1. The third kappa shape index (κ3) is 5.89. The van der Waals surface area contributed by atoms with Crippen molar-refractivity contribution in [2.24, 2.45) is 0 Å². The molecular weight excluding hydrogens is 524 g/mol. The van der Waals surface area contributed by atoms with E-state index in [9.17, 15) is 13.2 Å². The summed E-state index contributed by atoms with van der Waals surface area (Å²) in [5.41, 5.74) is 3.19. The Morgan fingerprint density at radius 1 is 0.875 bits per heavy atom. The van der Waals surface area contributed by atoms with Crippen LogP contribution in [-0.2, 0) is 23.1 Å². The van der Waals surface area contributed by atoms with Crippen LogP contribution in [0.5, 0.6) is 5.75 Å². The number of methoxy groups -OCH3 is 1. The van der Waals surface area contributed by atoms with Crippen LogP contribution in [0.3, 0.4) is 0 Å². The van der Waals surface area contributed by atoms with Crippen LogP contribution >= 0.6 is 0 Å². The summed E-state index contributed by atoms with van der Waals surface area (Å²) in [6.07, 6.45) is 5.28. The molecule has 0 saturated carbocycles. The van der Waals surface area contributed by atoms with Gasteiger partial charge in [0.1, 0.15) is 5.75 Å². The summed E-state index contributed by atoms with van der Waals surface area (Å²) in [5, 5.41) is 2.94. The molecule has 5 rings (SSSR count). The maximum absolute atomic E-state index is 14.0. The molecule has 0 saturated heterocycles. The largest absolute Gasteiger partial charge is 0.497 e. The van der Waals surface area contributed by atoms with Crippen LogP contribution in [0.4, 0.5) is 5.69 Å².